The summed E-state index contributed by atoms with van der Waals surface area (Å²) in [5, 5.41) is 0. The van der Waals surface area contributed by atoms with Crippen molar-refractivity contribution >= 4 is 42.3 Å². The van der Waals surface area contributed by atoms with E-state index in [1.807, 2.05) is 0 Å². The molecule has 0 heterocycles. The van der Waals surface area contributed by atoms with E-state index < -0.39 is 10.4 Å². The van der Waals surface area contributed by atoms with Gasteiger partial charge < -0.3 is 4.55 Å². The predicted molar refractivity (Wildman–Crippen MR) is 78.0 cm³/mol. The lowest BCUT2D eigenvalue weighted by Gasteiger charge is -1.94. The summed E-state index contributed by atoms with van der Waals surface area (Å²) in [6.07, 6.45) is 0. The number of halogens is 3. The molecule has 0 saturated heterocycles. The molecular formula is C12H9Br2IO4S. The number of hydrogen-bond acceptors (Lipinski definition) is 3. The van der Waals surface area contributed by atoms with Crippen LogP contribution in [0.5, 0.6) is 0 Å². The van der Waals surface area contributed by atoms with Crippen molar-refractivity contribution < 1.29 is 38.7 Å². The average Bonchev–Trinajstić information content (AvgIpc) is 2.34. The van der Waals surface area contributed by atoms with Gasteiger partial charge in [0.05, 0.1) is 4.47 Å². The lowest BCUT2D eigenvalue weighted by Crippen LogP contribution is -3.61. The van der Waals surface area contributed by atoms with Gasteiger partial charge in [-0.1, -0.05) is 24.3 Å². The molecule has 20 heavy (non-hydrogen) atoms. The minimum Gasteiger partial charge on any atom is -0.726 e. The quantitative estimate of drug-likeness (QED) is 0.260. The van der Waals surface area contributed by atoms with Crippen molar-refractivity contribution in [3.05, 3.63) is 64.6 Å². The molecule has 4 nitrogen and oxygen atoms in total. The molecule has 0 spiro atoms. The smallest absolute Gasteiger partial charge is 0.359 e. The molecule has 0 unspecified atom stereocenters. The van der Waals surface area contributed by atoms with Crippen LogP contribution in [0.4, 0.5) is 0 Å². The van der Waals surface area contributed by atoms with Gasteiger partial charge in [0, 0.05) is 4.47 Å². The van der Waals surface area contributed by atoms with Crippen molar-refractivity contribution in [1.29, 1.82) is 0 Å². The molecule has 0 radical (unpaired) electrons. The summed E-state index contributed by atoms with van der Waals surface area (Å²) < 4.78 is 38.0. The molecule has 0 aliphatic heterocycles. The first-order valence-electron chi connectivity index (χ1n) is 5.09. The molecule has 0 aromatic heterocycles. The summed E-state index contributed by atoms with van der Waals surface area (Å²) in [6.45, 7) is 0. The largest absolute Gasteiger partial charge is 0.726 e. The molecule has 0 fully saturated rings. The first-order valence-corrected chi connectivity index (χ1v) is 10.2. The summed E-state index contributed by atoms with van der Waals surface area (Å²) in [6, 6.07) is 17.0. The Morgan fingerprint density at radius 1 is 1.00 bits per heavy atom. The molecule has 0 atom stereocenters. The predicted octanol–water partition coefficient (Wildman–Crippen LogP) is 0.345. The number of hydrogen-bond donors (Lipinski definition) is 1. The van der Waals surface area contributed by atoms with E-state index in [2.05, 4.69) is 80.4 Å². The molecular weight excluding hydrogens is 527 g/mol. The van der Waals surface area contributed by atoms with Crippen LogP contribution in [0, 0.1) is 7.14 Å². The van der Waals surface area contributed by atoms with Gasteiger partial charge in [-0.3, -0.25) is 4.55 Å². The number of rotatable bonds is 2. The van der Waals surface area contributed by atoms with Gasteiger partial charge in [0.2, 0.25) is 14.0 Å². The topological polar surface area (TPSA) is 77.4 Å². The van der Waals surface area contributed by atoms with Gasteiger partial charge in [0.25, 0.3) is 0 Å². The third-order valence-electron chi connectivity index (χ3n) is 1.85. The van der Waals surface area contributed by atoms with Crippen molar-refractivity contribution in [2.75, 3.05) is 0 Å². The second-order valence-electron chi connectivity index (χ2n) is 3.35. The molecule has 0 saturated carbocycles. The third kappa shape index (κ3) is 7.70. The van der Waals surface area contributed by atoms with Crippen molar-refractivity contribution in [2.45, 2.75) is 0 Å². The van der Waals surface area contributed by atoms with E-state index >= 15 is 0 Å². The van der Waals surface area contributed by atoms with Gasteiger partial charge in [-0.25, -0.2) is 8.42 Å². The van der Waals surface area contributed by atoms with Crippen LogP contribution >= 0.6 is 31.9 Å². The Kier molecular flexibility index (Phi) is 7.62. The summed E-state index contributed by atoms with van der Waals surface area (Å²) in [5.41, 5.74) is 0. The Morgan fingerprint density at radius 3 is 2.10 bits per heavy atom. The maximum absolute atomic E-state index is 8.63. The lowest BCUT2D eigenvalue weighted by molar-refractivity contribution is -0.598. The Balaban J connectivity index is 0.000000347. The fraction of sp³-hybridized carbons (Fsp3) is 0. The average molecular weight is 536 g/mol. The van der Waals surface area contributed by atoms with Crippen LogP contribution in [0.25, 0.3) is 0 Å². The van der Waals surface area contributed by atoms with Crippen LogP contribution in [0.2, 0.25) is 0 Å². The van der Waals surface area contributed by atoms with Crippen molar-refractivity contribution in [3.8, 4) is 0 Å². The van der Waals surface area contributed by atoms with Gasteiger partial charge in [-0.15, -0.1) is 0 Å². The van der Waals surface area contributed by atoms with E-state index in [1.165, 1.54) is 11.6 Å². The molecule has 0 aliphatic rings. The maximum Gasteiger partial charge on any atom is 0.359 e. The minimum atomic E-state index is -4.92. The first-order chi connectivity index (χ1) is 9.27. The molecule has 2 aromatic rings. The molecule has 0 bridgehead atoms. The second-order valence-corrected chi connectivity index (χ2v) is 8.80. The maximum atomic E-state index is 8.63. The summed E-state index contributed by atoms with van der Waals surface area (Å²) in [4.78, 5) is 0. The summed E-state index contributed by atoms with van der Waals surface area (Å²) in [7, 11) is -4.92. The van der Waals surface area contributed by atoms with Crippen LogP contribution in [-0.2, 0) is 10.4 Å². The summed E-state index contributed by atoms with van der Waals surface area (Å²) >= 11 is 7.06. The molecule has 108 valence electrons. The third-order valence-corrected chi connectivity index (χ3v) is 7.46. The van der Waals surface area contributed by atoms with Gasteiger partial charge in [-0.05, 0) is 56.1 Å². The fourth-order valence-electron chi connectivity index (χ4n) is 1.15. The van der Waals surface area contributed by atoms with E-state index in [4.69, 9.17) is 17.5 Å². The van der Waals surface area contributed by atoms with E-state index in [9.17, 15) is 0 Å². The van der Waals surface area contributed by atoms with E-state index in [-0.39, 0.29) is 21.2 Å². The Morgan fingerprint density at radius 2 is 1.55 bits per heavy atom. The highest BCUT2D eigenvalue weighted by Crippen LogP contribution is 2.21. The standard InChI is InChI=1S/C12H8Br2I.H2O4S/c13-10-7-4-8-11(12(10)14)15-9-5-2-1-3-6-9;1-5(2,3)4/h1-8H;(H2,1,2,3,4)/q+1;/p-1. The Hall–Kier alpha value is -0.000000000000000153. The highest BCUT2D eigenvalue weighted by Gasteiger charge is 2.19. The van der Waals surface area contributed by atoms with Crippen LogP contribution in [0.1, 0.15) is 0 Å². The normalized spacial score (nSPS) is 10.6. The molecule has 8 heteroatoms. The molecule has 1 N–H and O–H groups in total. The summed E-state index contributed by atoms with van der Waals surface area (Å²) in [5.74, 6) is 0. The molecule has 2 aromatic carbocycles. The zero-order chi connectivity index (χ0) is 15.2. The van der Waals surface area contributed by atoms with Gasteiger partial charge in [0.1, 0.15) is 0 Å². The fourth-order valence-corrected chi connectivity index (χ4v) is 5.01. The first kappa shape index (κ1) is 18.1. The van der Waals surface area contributed by atoms with Crippen molar-refractivity contribution in [2.24, 2.45) is 0 Å². The molecule has 0 amide bonds. The van der Waals surface area contributed by atoms with Crippen LogP contribution < -0.4 is 21.2 Å². The van der Waals surface area contributed by atoms with Crippen LogP contribution in [0.15, 0.2) is 57.5 Å². The zero-order valence-electron chi connectivity index (χ0n) is 9.83. The van der Waals surface area contributed by atoms with Gasteiger partial charge in [0.15, 0.2) is 3.57 Å². The van der Waals surface area contributed by atoms with Crippen LogP contribution in [-0.4, -0.2) is 17.5 Å². The second kappa shape index (κ2) is 8.44. The monoisotopic (exact) mass is 534 g/mol. The minimum absolute atomic E-state index is 0.0867. The Labute approximate surface area is 144 Å². The Bertz CT molecular complexity index is 654. The number of benzene rings is 2. The highest BCUT2D eigenvalue weighted by molar-refractivity contribution is 9.13. The van der Waals surface area contributed by atoms with Crippen molar-refractivity contribution in [3.63, 3.8) is 0 Å². The molecule has 2 rings (SSSR count). The van der Waals surface area contributed by atoms with E-state index in [0.29, 0.717) is 0 Å². The van der Waals surface area contributed by atoms with Crippen molar-refractivity contribution in [1.82, 2.24) is 0 Å². The van der Waals surface area contributed by atoms with Gasteiger partial charge >= 0.3 is 21.2 Å². The lowest BCUT2D eigenvalue weighted by atomic mass is 10.4. The molecule has 0 aliphatic carbocycles. The SMILES string of the molecule is Brc1cccc([I+]c2ccccc2)c1Br.O=S(=O)([O-])O. The van der Waals surface area contributed by atoms with E-state index in [1.54, 1.807) is 0 Å². The van der Waals surface area contributed by atoms with E-state index in [0.717, 1.165) is 4.47 Å². The highest BCUT2D eigenvalue weighted by atomic mass is 127. The van der Waals surface area contributed by atoms with Gasteiger partial charge in [-0.2, -0.15) is 0 Å². The zero-order valence-corrected chi connectivity index (χ0v) is 16.0. The van der Waals surface area contributed by atoms with Crippen LogP contribution in [0.3, 0.4) is 0 Å².